The van der Waals surface area contributed by atoms with Crippen molar-refractivity contribution >= 4 is 5.91 Å². The third kappa shape index (κ3) is 4.41. The molecule has 2 N–H and O–H groups in total. The average molecular weight is 257 g/mol. The molecule has 0 aromatic heterocycles. The summed E-state index contributed by atoms with van der Waals surface area (Å²) in [4.78, 5) is 11.5. The summed E-state index contributed by atoms with van der Waals surface area (Å²) < 4.78 is 26.2. The van der Waals surface area contributed by atoms with Crippen LogP contribution < -0.4 is 5.32 Å². The minimum absolute atomic E-state index is 0.171. The maximum atomic E-state index is 13.4. The second-order valence-electron chi connectivity index (χ2n) is 4.34. The van der Waals surface area contributed by atoms with E-state index in [0.717, 1.165) is 12.1 Å². The summed E-state index contributed by atoms with van der Waals surface area (Å²) in [5, 5.41) is 11.6. The molecule has 5 heteroatoms. The van der Waals surface area contributed by atoms with Crippen molar-refractivity contribution in [2.45, 2.75) is 38.8 Å². The highest BCUT2D eigenvalue weighted by Gasteiger charge is 2.14. The fourth-order valence-corrected chi connectivity index (χ4v) is 1.58. The summed E-state index contributed by atoms with van der Waals surface area (Å²) in [6.07, 6.45) is -0.0245. The zero-order valence-corrected chi connectivity index (χ0v) is 10.4. The number of nitrogens with one attached hydrogen (secondary N) is 1. The van der Waals surface area contributed by atoms with Crippen molar-refractivity contribution in [3.63, 3.8) is 0 Å². The summed E-state index contributed by atoms with van der Waals surface area (Å²) in [5.41, 5.74) is 0.238. The fourth-order valence-electron chi connectivity index (χ4n) is 1.58. The molecule has 100 valence electrons. The van der Waals surface area contributed by atoms with Crippen LogP contribution in [-0.2, 0) is 4.79 Å². The molecule has 1 rings (SSSR count). The van der Waals surface area contributed by atoms with Gasteiger partial charge in [-0.3, -0.25) is 4.79 Å². The summed E-state index contributed by atoms with van der Waals surface area (Å²) in [5.74, 6) is -1.60. The van der Waals surface area contributed by atoms with Gasteiger partial charge in [0.25, 0.3) is 0 Å². The Morgan fingerprint density at radius 1 is 1.39 bits per heavy atom. The maximum absolute atomic E-state index is 13.4. The molecule has 0 fully saturated rings. The van der Waals surface area contributed by atoms with Gasteiger partial charge in [-0.15, -0.1) is 0 Å². The number of hydrogen-bond donors (Lipinski definition) is 2. The number of aliphatic hydroxyl groups is 1. The van der Waals surface area contributed by atoms with Gasteiger partial charge >= 0.3 is 0 Å². The predicted molar refractivity (Wildman–Crippen MR) is 63.8 cm³/mol. The quantitative estimate of drug-likeness (QED) is 0.850. The van der Waals surface area contributed by atoms with E-state index in [1.54, 1.807) is 13.8 Å². The highest BCUT2D eigenvalue weighted by atomic mass is 19.1. The van der Waals surface area contributed by atoms with Gasteiger partial charge in [-0.1, -0.05) is 6.07 Å². The van der Waals surface area contributed by atoms with E-state index in [9.17, 15) is 13.6 Å². The van der Waals surface area contributed by atoms with Crippen molar-refractivity contribution < 1.29 is 18.7 Å². The SMILES string of the molecule is CC(O)CCC(=O)NC(C)c1ccc(F)cc1F. The van der Waals surface area contributed by atoms with Crippen molar-refractivity contribution in [1.82, 2.24) is 5.32 Å². The number of benzene rings is 1. The van der Waals surface area contributed by atoms with Crippen molar-refractivity contribution in [2.75, 3.05) is 0 Å². The van der Waals surface area contributed by atoms with E-state index in [1.807, 2.05) is 0 Å². The van der Waals surface area contributed by atoms with Crippen LogP contribution in [0.1, 0.15) is 38.3 Å². The van der Waals surface area contributed by atoms with Crippen LogP contribution in [0.25, 0.3) is 0 Å². The van der Waals surface area contributed by atoms with Crippen molar-refractivity contribution in [1.29, 1.82) is 0 Å². The number of carbonyl (C=O) groups is 1. The molecule has 0 aliphatic rings. The van der Waals surface area contributed by atoms with Gasteiger partial charge in [-0.05, 0) is 26.3 Å². The lowest BCUT2D eigenvalue weighted by molar-refractivity contribution is -0.122. The van der Waals surface area contributed by atoms with Crippen LogP contribution in [0.5, 0.6) is 0 Å². The van der Waals surface area contributed by atoms with Crippen LogP contribution in [0.3, 0.4) is 0 Å². The number of amides is 1. The lowest BCUT2D eigenvalue weighted by Crippen LogP contribution is -2.27. The van der Waals surface area contributed by atoms with Crippen molar-refractivity contribution in [3.05, 3.63) is 35.4 Å². The molecule has 1 amide bonds. The molecule has 2 unspecified atom stereocenters. The highest BCUT2D eigenvalue weighted by Crippen LogP contribution is 2.17. The summed E-state index contributed by atoms with van der Waals surface area (Å²) >= 11 is 0. The molecule has 1 aromatic carbocycles. The number of aliphatic hydroxyl groups excluding tert-OH is 1. The van der Waals surface area contributed by atoms with Crippen LogP contribution in [-0.4, -0.2) is 17.1 Å². The molecular weight excluding hydrogens is 240 g/mol. The van der Waals surface area contributed by atoms with E-state index in [1.165, 1.54) is 6.07 Å². The van der Waals surface area contributed by atoms with E-state index in [-0.39, 0.29) is 17.9 Å². The number of rotatable bonds is 5. The van der Waals surface area contributed by atoms with Gasteiger partial charge in [-0.25, -0.2) is 8.78 Å². The Morgan fingerprint density at radius 2 is 2.06 bits per heavy atom. The van der Waals surface area contributed by atoms with Gasteiger partial charge in [0.15, 0.2) is 0 Å². The zero-order valence-electron chi connectivity index (χ0n) is 10.4. The van der Waals surface area contributed by atoms with Gasteiger partial charge in [0.2, 0.25) is 5.91 Å². The molecule has 0 bridgehead atoms. The van der Waals surface area contributed by atoms with Crippen molar-refractivity contribution in [3.8, 4) is 0 Å². The standard InChI is InChI=1S/C13H17F2NO2/c1-8(17)3-6-13(18)16-9(2)11-5-4-10(14)7-12(11)15/h4-5,7-9,17H,3,6H2,1-2H3,(H,16,18). The van der Waals surface area contributed by atoms with Gasteiger partial charge in [0.05, 0.1) is 12.1 Å². The minimum Gasteiger partial charge on any atom is -0.393 e. The molecular formula is C13H17F2NO2. The zero-order chi connectivity index (χ0) is 13.7. The predicted octanol–water partition coefficient (Wildman–Crippen LogP) is 2.30. The second kappa shape index (κ2) is 6.44. The van der Waals surface area contributed by atoms with E-state index in [2.05, 4.69) is 5.32 Å². The van der Waals surface area contributed by atoms with Crippen LogP contribution in [0.4, 0.5) is 8.78 Å². The third-order valence-corrected chi connectivity index (χ3v) is 2.60. The molecule has 0 saturated carbocycles. The minimum atomic E-state index is -0.682. The van der Waals surface area contributed by atoms with Crippen LogP contribution >= 0.6 is 0 Å². The smallest absolute Gasteiger partial charge is 0.220 e. The monoisotopic (exact) mass is 257 g/mol. The Morgan fingerprint density at radius 3 is 2.61 bits per heavy atom. The first kappa shape index (κ1) is 14.6. The average Bonchev–Trinajstić information content (AvgIpc) is 2.26. The van der Waals surface area contributed by atoms with Gasteiger partial charge in [-0.2, -0.15) is 0 Å². The molecule has 2 atom stereocenters. The van der Waals surface area contributed by atoms with Gasteiger partial charge < -0.3 is 10.4 Å². The maximum Gasteiger partial charge on any atom is 0.220 e. The highest BCUT2D eigenvalue weighted by molar-refractivity contribution is 5.76. The molecule has 3 nitrogen and oxygen atoms in total. The topological polar surface area (TPSA) is 49.3 Å². The van der Waals surface area contributed by atoms with Crippen LogP contribution in [0.2, 0.25) is 0 Å². The Hall–Kier alpha value is -1.49. The normalized spacial score (nSPS) is 14.1. The fraction of sp³-hybridized carbons (Fsp3) is 0.462. The Labute approximate surface area is 105 Å². The second-order valence-corrected chi connectivity index (χ2v) is 4.34. The molecule has 0 saturated heterocycles. The molecule has 0 aliphatic carbocycles. The lowest BCUT2D eigenvalue weighted by Gasteiger charge is -2.15. The third-order valence-electron chi connectivity index (χ3n) is 2.60. The first-order valence-electron chi connectivity index (χ1n) is 5.82. The summed E-state index contributed by atoms with van der Waals surface area (Å²) in [6.45, 7) is 3.22. The molecule has 18 heavy (non-hydrogen) atoms. The molecule has 0 aliphatic heterocycles. The summed E-state index contributed by atoms with van der Waals surface area (Å²) in [7, 11) is 0. The van der Waals surface area contributed by atoms with Gasteiger partial charge in [0.1, 0.15) is 11.6 Å². The van der Waals surface area contributed by atoms with E-state index < -0.39 is 23.8 Å². The Balaban J connectivity index is 2.59. The first-order chi connectivity index (χ1) is 8.40. The van der Waals surface area contributed by atoms with Gasteiger partial charge in [0, 0.05) is 18.1 Å². The molecule has 0 spiro atoms. The lowest BCUT2D eigenvalue weighted by atomic mass is 10.1. The van der Waals surface area contributed by atoms with Crippen LogP contribution in [0.15, 0.2) is 18.2 Å². The molecule has 0 radical (unpaired) electrons. The Bertz CT molecular complexity index is 421. The number of carbonyl (C=O) groups excluding carboxylic acids is 1. The molecule has 1 aromatic rings. The van der Waals surface area contributed by atoms with E-state index >= 15 is 0 Å². The van der Waals surface area contributed by atoms with E-state index in [0.29, 0.717) is 6.42 Å². The molecule has 0 heterocycles. The number of hydrogen-bond acceptors (Lipinski definition) is 2. The van der Waals surface area contributed by atoms with Crippen molar-refractivity contribution in [2.24, 2.45) is 0 Å². The van der Waals surface area contributed by atoms with E-state index in [4.69, 9.17) is 5.11 Å². The first-order valence-corrected chi connectivity index (χ1v) is 5.82. The largest absolute Gasteiger partial charge is 0.393 e. The summed E-state index contributed by atoms with van der Waals surface area (Å²) in [6, 6.07) is 2.71. The Kier molecular flexibility index (Phi) is 5.22. The van der Waals surface area contributed by atoms with Crippen LogP contribution in [0, 0.1) is 11.6 Å². The number of halogens is 2.